The minimum atomic E-state index is 0.277. The zero-order valence-electron chi connectivity index (χ0n) is 18.5. The summed E-state index contributed by atoms with van der Waals surface area (Å²) in [7, 11) is 1.75. The fraction of sp³-hybridized carbons (Fsp3) is 0.731. The van der Waals surface area contributed by atoms with Crippen LogP contribution in [0.4, 0.5) is 0 Å². The van der Waals surface area contributed by atoms with Gasteiger partial charge in [-0.25, -0.2) is 0 Å². The van der Waals surface area contributed by atoms with E-state index in [1.54, 1.807) is 7.11 Å². The van der Waals surface area contributed by atoms with E-state index in [9.17, 15) is 4.79 Å². The molecule has 5 rings (SSSR count). The van der Waals surface area contributed by atoms with E-state index in [-0.39, 0.29) is 5.91 Å². The summed E-state index contributed by atoms with van der Waals surface area (Å²) in [6.07, 6.45) is 8.33. The van der Waals surface area contributed by atoms with Gasteiger partial charge in [0.15, 0.2) is 0 Å². The lowest BCUT2D eigenvalue weighted by Crippen LogP contribution is -2.62. The molecule has 3 saturated carbocycles. The third kappa shape index (κ3) is 2.79. The van der Waals surface area contributed by atoms with E-state index in [2.05, 4.69) is 50.4 Å². The Hall–Kier alpha value is -1.51. The van der Waals surface area contributed by atoms with E-state index in [0.29, 0.717) is 28.7 Å². The minimum Gasteiger partial charge on any atom is -0.497 e. The van der Waals surface area contributed by atoms with Crippen LogP contribution in [0.15, 0.2) is 24.3 Å². The van der Waals surface area contributed by atoms with E-state index in [4.69, 9.17) is 4.74 Å². The second-order valence-corrected chi connectivity index (χ2v) is 11.1. The molecule has 0 bridgehead atoms. The Balaban J connectivity index is 1.45. The van der Waals surface area contributed by atoms with E-state index in [1.165, 1.54) is 37.7 Å². The number of ether oxygens (including phenoxy) is 1. The topological polar surface area (TPSA) is 38.3 Å². The van der Waals surface area contributed by atoms with Gasteiger partial charge in [-0.2, -0.15) is 0 Å². The molecule has 0 spiro atoms. The highest BCUT2D eigenvalue weighted by Crippen LogP contribution is 2.68. The Morgan fingerprint density at radius 1 is 1.00 bits per heavy atom. The molecule has 1 aromatic rings. The molecule has 158 valence electrons. The number of amides is 1. The molecule has 3 aliphatic carbocycles. The molecule has 4 aliphatic rings. The molecule has 4 fully saturated rings. The first kappa shape index (κ1) is 19.5. The Bertz CT molecular complexity index is 788. The molecule has 1 aliphatic heterocycles. The number of hydrogen-bond acceptors (Lipinski definition) is 2. The third-order valence-electron chi connectivity index (χ3n) is 9.98. The fourth-order valence-electron chi connectivity index (χ4n) is 8.43. The van der Waals surface area contributed by atoms with Crippen LogP contribution in [0.1, 0.15) is 77.2 Å². The van der Waals surface area contributed by atoms with Gasteiger partial charge < -0.3 is 10.1 Å². The van der Waals surface area contributed by atoms with Crippen molar-refractivity contribution in [1.29, 1.82) is 0 Å². The summed E-state index contributed by atoms with van der Waals surface area (Å²) >= 11 is 0. The van der Waals surface area contributed by atoms with E-state index >= 15 is 0 Å². The Kier molecular flexibility index (Phi) is 4.53. The van der Waals surface area contributed by atoms with Gasteiger partial charge in [-0.3, -0.25) is 4.79 Å². The highest BCUT2D eigenvalue weighted by atomic mass is 16.5. The monoisotopic (exact) mass is 395 g/mol. The molecular formula is C26H37NO2. The summed E-state index contributed by atoms with van der Waals surface area (Å²) in [5.74, 6) is 5.01. The predicted octanol–water partition coefficient (Wildman–Crippen LogP) is 5.55. The van der Waals surface area contributed by atoms with Crippen LogP contribution in [0.25, 0.3) is 0 Å². The first-order valence-electron chi connectivity index (χ1n) is 11.8. The van der Waals surface area contributed by atoms with Crippen LogP contribution in [0.3, 0.4) is 0 Å². The van der Waals surface area contributed by atoms with Gasteiger partial charge in [0.1, 0.15) is 5.75 Å². The maximum Gasteiger partial charge on any atom is 0.220 e. The van der Waals surface area contributed by atoms with Crippen molar-refractivity contribution in [2.75, 3.05) is 7.11 Å². The lowest BCUT2D eigenvalue weighted by molar-refractivity contribution is -0.142. The van der Waals surface area contributed by atoms with E-state index in [0.717, 1.165) is 36.3 Å². The molecule has 29 heavy (non-hydrogen) atoms. The molecule has 3 heteroatoms. The van der Waals surface area contributed by atoms with Gasteiger partial charge in [-0.05, 0) is 96.6 Å². The number of benzene rings is 1. The van der Waals surface area contributed by atoms with Gasteiger partial charge in [0.25, 0.3) is 0 Å². The first-order valence-corrected chi connectivity index (χ1v) is 11.8. The minimum absolute atomic E-state index is 0.277. The average Bonchev–Trinajstić information content (AvgIpc) is 3.06. The van der Waals surface area contributed by atoms with E-state index in [1.807, 2.05) is 0 Å². The molecule has 8 atom stereocenters. The van der Waals surface area contributed by atoms with Crippen molar-refractivity contribution in [3.8, 4) is 5.75 Å². The average molecular weight is 396 g/mol. The largest absolute Gasteiger partial charge is 0.497 e. The number of hydrogen-bond donors (Lipinski definition) is 1. The predicted molar refractivity (Wildman–Crippen MR) is 116 cm³/mol. The quantitative estimate of drug-likeness (QED) is 0.713. The van der Waals surface area contributed by atoms with Crippen LogP contribution in [0.5, 0.6) is 5.75 Å². The second-order valence-electron chi connectivity index (χ2n) is 11.1. The Morgan fingerprint density at radius 3 is 2.45 bits per heavy atom. The Morgan fingerprint density at radius 2 is 1.72 bits per heavy atom. The molecule has 4 unspecified atom stereocenters. The maximum absolute atomic E-state index is 12.1. The van der Waals surface area contributed by atoms with Crippen LogP contribution in [0, 0.1) is 34.5 Å². The molecule has 3 nitrogen and oxygen atoms in total. The third-order valence-corrected chi connectivity index (χ3v) is 9.98. The van der Waals surface area contributed by atoms with Crippen molar-refractivity contribution in [3.05, 3.63) is 29.8 Å². The van der Waals surface area contributed by atoms with Crippen molar-refractivity contribution < 1.29 is 9.53 Å². The van der Waals surface area contributed by atoms with Gasteiger partial charge in [-0.15, -0.1) is 0 Å². The number of nitrogens with one attached hydrogen (secondary N) is 1. The maximum atomic E-state index is 12.1. The number of methoxy groups -OCH3 is 1. The van der Waals surface area contributed by atoms with Gasteiger partial charge >= 0.3 is 0 Å². The fourth-order valence-corrected chi connectivity index (χ4v) is 8.43. The van der Waals surface area contributed by atoms with Crippen molar-refractivity contribution in [2.45, 2.75) is 77.7 Å². The highest BCUT2D eigenvalue weighted by Gasteiger charge is 2.62. The van der Waals surface area contributed by atoms with Gasteiger partial charge in [0, 0.05) is 12.5 Å². The van der Waals surface area contributed by atoms with Crippen LogP contribution >= 0.6 is 0 Å². The summed E-state index contributed by atoms with van der Waals surface area (Å²) in [5, 5.41) is 3.39. The number of fused-ring (bicyclic) bond motifs is 5. The number of carbonyl (C=O) groups is 1. The molecule has 0 aromatic heterocycles. The van der Waals surface area contributed by atoms with E-state index < -0.39 is 0 Å². The molecule has 1 N–H and O–H groups in total. The normalized spacial score (nSPS) is 46.3. The lowest BCUT2D eigenvalue weighted by atomic mass is 9.44. The molecule has 0 radical (unpaired) electrons. The first-order chi connectivity index (χ1) is 13.9. The van der Waals surface area contributed by atoms with Gasteiger partial charge in [-0.1, -0.05) is 32.9 Å². The van der Waals surface area contributed by atoms with Crippen LogP contribution < -0.4 is 10.1 Å². The van der Waals surface area contributed by atoms with Crippen molar-refractivity contribution in [3.63, 3.8) is 0 Å². The number of rotatable bonds is 2. The molecular weight excluding hydrogens is 358 g/mol. The summed E-state index contributed by atoms with van der Waals surface area (Å²) in [5.41, 5.74) is 2.21. The zero-order valence-corrected chi connectivity index (χ0v) is 18.5. The summed E-state index contributed by atoms with van der Waals surface area (Å²) < 4.78 is 5.39. The van der Waals surface area contributed by atoms with Crippen molar-refractivity contribution >= 4 is 5.91 Å². The summed E-state index contributed by atoms with van der Waals surface area (Å²) in [6, 6.07) is 9.28. The SMILES string of the molecule is COc1ccc([C@H]2CCC3C4C(CC[C@@]32C)[C@@]2(C)CCC(=O)NC2C[C@@H]4C)cc1. The Labute approximate surface area is 176 Å². The van der Waals surface area contributed by atoms with Crippen molar-refractivity contribution in [1.82, 2.24) is 5.32 Å². The van der Waals surface area contributed by atoms with Crippen LogP contribution in [0.2, 0.25) is 0 Å². The lowest BCUT2D eigenvalue weighted by Gasteiger charge is -2.62. The van der Waals surface area contributed by atoms with Crippen molar-refractivity contribution in [2.24, 2.45) is 34.5 Å². The standard InChI is InChI=1S/C26H37NO2/c1-16-15-22-26(3,14-12-23(28)27-22)21-11-13-25(2)19(9-10-20(25)24(16)21)17-5-7-18(29-4)8-6-17/h5-8,16,19-22,24H,9-15H2,1-4H3,(H,27,28)/t16-,19+,20?,21?,22?,24?,25+,26+/m0/s1. The van der Waals surface area contributed by atoms with Crippen LogP contribution in [-0.2, 0) is 4.79 Å². The molecule has 1 saturated heterocycles. The summed E-state index contributed by atoms with van der Waals surface area (Å²) in [4.78, 5) is 12.1. The second kappa shape index (κ2) is 6.75. The van der Waals surface area contributed by atoms with Gasteiger partial charge in [0.2, 0.25) is 5.91 Å². The highest BCUT2D eigenvalue weighted by molar-refractivity contribution is 5.77. The molecule has 1 aromatic carbocycles. The number of piperidine rings is 1. The zero-order chi connectivity index (χ0) is 20.4. The molecule has 1 heterocycles. The van der Waals surface area contributed by atoms with Crippen LogP contribution in [-0.4, -0.2) is 19.1 Å². The molecule has 1 amide bonds. The van der Waals surface area contributed by atoms with Gasteiger partial charge in [0.05, 0.1) is 7.11 Å². The summed E-state index contributed by atoms with van der Waals surface area (Å²) in [6.45, 7) is 7.57. The number of carbonyl (C=O) groups excluding carboxylic acids is 1. The smallest absolute Gasteiger partial charge is 0.220 e.